The monoisotopic (exact) mass is 728 g/mol. The van der Waals surface area contributed by atoms with Crippen LogP contribution >= 0.6 is 15.9 Å². The van der Waals surface area contributed by atoms with Crippen LogP contribution in [-0.2, 0) is 16.4 Å². The highest BCUT2D eigenvalue weighted by atomic mass is 79.9. The van der Waals surface area contributed by atoms with Crippen LogP contribution in [0.25, 0.3) is 22.2 Å². The van der Waals surface area contributed by atoms with Crippen LogP contribution in [0.1, 0.15) is 53.2 Å². The van der Waals surface area contributed by atoms with Gasteiger partial charge in [-0.25, -0.2) is 13.4 Å². The molecule has 0 bridgehead atoms. The van der Waals surface area contributed by atoms with E-state index in [-0.39, 0.29) is 28.0 Å². The van der Waals surface area contributed by atoms with Crippen LogP contribution in [0.5, 0.6) is 0 Å². The van der Waals surface area contributed by atoms with E-state index in [0.717, 1.165) is 49.7 Å². The second kappa shape index (κ2) is 13.7. The Morgan fingerprint density at radius 3 is 2.32 bits per heavy atom. The van der Waals surface area contributed by atoms with E-state index in [4.69, 9.17) is 4.98 Å². The number of hydrogen-bond donors (Lipinski definition) is 1. The summed E-state index contributed by atoms with van der Waals surface area (Å²) >= 11 is 3.52. The number of rotatable bonds is 8. The van der Waals surface area contributed by atoms with Crippen molar-refractivity contribution in [1.29, 1.82) is 0 Å². The molecule has 12 heteroatoms. The van der Waals surface area contributed by atoms with Crippen molar-refractivity contribution >= 4 is 42.6 Å². The van der Waals surface area contributed by atoms with E-state index >= 15 is 0 Å². The molecule has 1 N–H and O–H groups in total. The van der Waals surface area contributed by atoms with Gasteiger partial charge in [0.25, 0.3) is 5.91 Å². The van der Waals surface area contributed by atoms with Crippen LogP contribution in [-0.4, -0.2) is 73.8 Å². The zero-order valence-corrected chi connectivity index (χ0v) is 28.3. The molecule has 248 valence electrons. The minimum atomic E-state index is -4.79. The van der Waals surface area contributed by atoms with Gasteiger partial charge in [0.1, 0.15) is 0 Å². The Morgan fingerprint density at radius 1 is 0.979 bits per heavy atom. The number of sulfone groups is 1. The second-order valence-corrected chi connectivity index (χ2v) is 15.3. The summed E-state index contributed by atoms with van der Waals surface area (Å²) < 4.78 is 69.6. The summed E-state index contributed by atoms with van der Waals surface area (Å²) in [7, 11) is -3.71. The van der Waals surface area contributed by atoms with Gasteiger partial charge in [0.15, 0.2) is 15.9 Å². The maximum atomic E-state index is 14.5. The highest BCUT2D eigenvalue weighted by Crippen LogP contribution is 2.37. The number of benzene rings is 3. The predicted octanol–water partition coefficient (Wildman–Crippen LogP) is 7.16. The third-order valence-electron chi connectivity index (χ3n) is 9.14. The fourth-order valence-corrected chi connectivity index (χ4v) is 7.82. The lowest BCUT2D eigenvalue weighted by molar-refractivity contribution is -0.155. The standard InChI is InChI=1S/C35H36BrF3N4O3S/c1-47(45,46)27-12-13-30-28(21-27)31(34(44)41-33(35(37,38)39)23-8-3-2-4-9-23)29(32(40-30)24-10-7-11-25(36)20-24)22-42-18-14-26(15-19-42)43-16-5-6-17-43/h2-4,7-13,20-21,26,33H,5-6,14-19,22H2,1H3,(H,41,44). The van der Waals surface area contributed by atoms with Gasteiger partial charge in [-0.2, -0.15) is 13.2 Å². The predicted molar refractivity (Wildman–Crippen MR) is 180 cm³/mol. The molecule has 2 saturated heterocycles. The number of alkyl halides is 3. The molecule has 0 radical (unpaired) electrons. The van der Waals surface area contributed by atoms with Crippen LogP contribution < -0.4 is 5.32 Å². The molecule has 2 aliphatic rings. The average Bonchev–Trinajstić information content (AvgIpc) is 3.58. The van der Waals surface area contributed by atoms with E-state index in [1.807, 2.05) is 24.3 Å². The number of nitrogens with one attached hydrogen (secondary N) is 1. The van der Waals surface area contributed by atoms with Crippen LogP contribution in [0.15, 0.2) is 82.2 Å². The molecule has 6 rings (SSSR count). The van der Waals surface area contributed by atoms with E-state index in [2.05, 4.69) is 31.0 Å². The fraction of sp³-hybridized carbons (Fsp3) is 0.371. The molecular weight excluding hydrogens is 693 g/mol. The van der Waals surface area contributed by atoms with Gasteiger partial charge in [-0.15, -0.1) is 0 Å². The van der Waals surface area contributed by atoms with Gasteiger partial charge in [0.2, 0.25) is 0 Å². The Balaban J connectivity index is 1.51. The number of likely N-dealkylation sites (tertiary alicyclic amines) is 2. The van der Waals surface area contributed by atoms with E-state index in [9.17, 15) is 26.4 Å². The minimum absolute atomic E-state index is 0.0117. The lowest BCUT2D eigenvalue weighted by Gasteiger charge is -2.37. The second-order valence-electron chi connectivity index (χ2n) is 12.4. The van der Waals surface area contributed by atoms with Crippen molar-refractivity contribution in [1.82, 2.24) is 20.1 Å². The summed E-state index contributed by atoms with van der Waals surface area (Å²) in [4.78, 5) is 24.0. The third-order valence-corrected chi connectivity index (χ3v) is 10.7. The molecule has 1 amide bonds. The van der Waals surface area contributed by atoms with Gasteiger partial charge in [-0.1, -0.05) is 58.4 Å². The lowest BCUT2D eigenvalue weighted by Crippen LogP contribution is -2.44. The minimum Gasteiger partial charge on any atom is -0.337 e. The average molecular weight is 730 g/mol. The SMILES string of the molecule is CS(=O)(=O)c1ccc2nc(-c3cccc(Br)c3)c(CN3CCC(N4CCCC4)CC3)c(C(=O)NC(c3ccccc3)C(F)(F)F)c2c1. The number of carbonyl (C=O) groups excluding carboxylic acids is 1. The van der Waals surface area contributed by atoms with E-state index in [1.54, 1.807) is 6.07 Å². The summed E-state index contributed by atoms with van der Waals surface area (Å²) in [5, 5.41) is 2.46. The highest BCUT2D eigenvalue weighted by molar-refractivity contribution is 9.10. The molecule has 0 aliphatic carbocycles. The van der Waals surface area contributed by atoms with Crippen molar-refractivity contribution in [2.75, 3.05) is 32.4 Å². The van der Waals surface area contributed by atoms with Gasteiger partial charge in [0.05, 0.1) is 21.7 Å². The van der Waals surface area contributed by atoms with Gasteiger partial charge in [0, 0.05) is 39.8 Å². The smallest absolute Gasteiger partial charge is 0.337 e. The highest BCUT2D eigenvalue weighted by Gasteiger charge is 2.42. The van der Waals surface area contributed by atoms with Gasteiger partial charge in [-0.3, -0.25) is 9.69 Å². The Bertz CT molecular complexity index is 1870. The van der Waals surface area contributed by atoms with Crippen molar-refractivity contribution in [3.8, 4) is 11.3 Å². The molecule has 4 aromatic rings. The van der Waals surface area contributed by atoms with Crippen molar-refractivity contribution in [2.45, 2.75) is 55.4 Å². The van der Waals surface area contributed by atoms with Gasteiger partial charge in [-0.05, 0) is 87.8 Å². The first kappa shape index (κ1) is 33.6. The number of fused-ring (bicyclic) bond motifs is 1. The van der Waals surface area contributed by atoms with E-state index in [1.165, 1.54) is 55.3 Å². The van der Waals surface area contributed by atoms with Crippen molar-refractivity contribution in [3.05, 3.63) is 94.0 Å². The fourth-order valence-electron chi connectivity index (χ4n) is 6.78. The van der Waals surface area contributed by atoms with Crippen LogP contribution in [0.4, 0.5) is 13.2 Å². The van der Waals surface area contributed by atoms with Crippen LogP contribution in [0.3, 0.4) is 0 Å². The van der Waals surface area contributed by atoms with Crippen molar-refractivity contribution in [2.24, 2.45) is 0 Å². The Labute approximate surface area is 281 Å². The summed E-state index contributed by atoms with van der Waals surface area (Å²) in [5.41, 5.74) is 1.77. The quantitative estimate of drug-likeness (QED) is 0.207. The number of hydrogen-bond acceptors (Lipinski definition) is 6. The molecule has 0 spiro atoms. The largest absolute Gasteiger partial charge is 0.412 e. The maximum absolute atomic E-state index is 14.5. The first-order chi connectivity index (χ1) is 22.4. The molecule has 1 unspecified atom stereocenters. The molecule has 2 fully saturated rings. The number of piperidine rings is 1. The summed E-state index contributed by atoms with van der Waals surface area (Å²) in [6.45, 7) is 3.95. The van der Waals surface area contributed by atoms with Gasteiger partial charge < -0.3 is 10.2 Å². The summed E-state index contributed by atoms with van der Waals surface area (Å²) in [6.07, 6.45) is 0.554. The van der Waals surface area contributed by atoms with E-state index in [0.29, 0.717) is 28.4 Å². The molecule has 7 nitrogen and oxygen atoms in total. The molecule has 47 heavy (non-hydrogen) atoms. The molecule has 0 saturated carbocycles. The lowest BCUT2D eigenvalue weighted by atomic mass is 9.94. The van der Waals surface area contributed by atoms with Crippen LogP contribution in [0, 0.1) is 0 Å². The molecular formula is C35H36BrF3N4O3S. The number of nitrogens with zero attached hydrogens (tertiary/aromatic N) is 3. The number of aromatic nitrogens is 1. The Hall–Kier alpha value is -3.32. The molecule has 3 heterocycles. The Kier molecular flexibility index (Phi) is 9.76. The zero-order valence-electron chi connectivity index (χ0n) is 25.9. The first-order valence-corrected chi connectivity index (χ1v) is 18.4. The topological polar surface area (TPSA) is 82.6 Å². The number of pyridine rings is 1. The normalized spacial score (nSPS) is 17.6. The number of amides is 1. The van der Waals surface area contributed by atoms with Crippen molar-refractivity contribution in [3.63, 3.8) is 0 Å². The van der Waals surface area contributed by atoms with E-state index < -0.39 is 28.0 Å². The molecule has 2 aliphatic heterocycles. The zero-order chi connectivity index (χ0) is 33.3. The van der Waals surface area contributed by atoms with Gasteiger partial charge >= 0.3 is 6.18 Å². The molecule has 1 aromatic heterocycles. The Morgan fingerprint density at radius 2 is 1.68 bits per heavy atom. The first-order valence-electron chi connectivity index (χ1n) is 15.7. The summed E-state index contributed by atoms with van der Waals surface area (Å²) in [5.74, 6) is -0.951. The van der Waals surface area contributed by atoms with Crippen molar-refractivity contribution < 1.29 is 26.4 Å². The maximum Gasteiger partial charge on any atom is 0.412 e. The molecule has 3 aromatic carbocycles. The van der Waals surface area contributed by atoms with Crippen LogP contribution in [0.2, 0.25) is 0 Å². The summed E-state index contributed by atoms with van der Waals surface area (Å²) in [6, 6.07) is 17.1. The number of halogens is 4. The molecule has 1 atom stereocenters. The third kappa shape index (κ3) is 7.56. The number of carbonyl (C=O) groups is 1.